The summed E-state index contributed by atoms with van der Waals surface area (Å²) in [6.45, 7) is 0.847. The highest BCUT2D eigenvalue weighted by Gasteiger charge is 2.27. The number of aliphatic imine (C=N–C) groups is 1. The van der Waals surface area contributed by atoms with Gasteiger partial charge in [0, 0.05) is 55.5 Å². The fourth-order valence-electron chi connectivity index (χ4n) is 7.12. The van der Waals surface area contributed by atoms with Crippen LogP contribution in [0, 0.1) is 11.8 Å². The molecule has 2 atom stereocenters. The lowest BCUT2D eigenvalue weighted by Gasteiger charge is -2.29. The average molecular weight is 637 g/mol. The molecule has 2 aromatic heterocycles. The Balaban J connectivity index is 1.11. The number of aromatic nitrogens is 3. The minimum Gasteiger partial charge on any atom is -0.292 e. The molecule has 0 bridgehead atoms. The molecule has 0 fully saturated rings. The summed E-state index contributed by atoms with van der Waals surface area (Å²) < 4.78 is 2.48. The van der Waals surface area contributed by atoms with Crippen LogP contribution in [0.25, 0.3) is 59.9 Å². The minimum atomic E-state index is 0.408. The van der Waals surface area contributed by atoms with Crippen molar-refractivity contribution in [2.24, 2.45) is 16.8 Å². The van der Waals surface area contributed by atoms with Crippen LogP contribution < -0.4 is 0 Å². The Morgan fingerprint density at radius 2 is 1.40 bits per heavy atom. The molecule has 4 aromatic carbocycles. The molecule has 3 heterocycles. The molecule has 0 spiro atoms. The molecule has 9 rings (SSSR count). The van der Waals surface area contributed by atoms with Crippen molar-refractivity contribution in [3.05, 3.63) is 156 Å². The van der Waals surface area contributed by atoms with Crippen LogP contribution in [0.1, 0.15) is 18.4 Å². The highest BCUT2D eigenvalue weighted by atomic mass is 32.1. The Labute approximate surface area is 284 Å². The lowest BCUT2D eigenvalue weighted by atomic mass is 9.77. The molecular weight excluding hydrogens is 605 g/mol. The third-order valence-corrected chi connectivity index (χ3v) is 10.7. The lowest BCUT2D eigenvalue weighted by molar-refractivity contribution is 0.467. The van der Waals surface area contributed by atoms with Crippen molar-refractivity contribution < 1.29 is 0 Å². The van der Waals surface area contributed by atoms with Gasteiger partial charge < -0.3 is 0 Å². The summed E-state index contributed by atoms with van der Waals surface area (Å²) in [7, 11) is 0. The number of hydrogen-bond donors (Lipinski definition) is 0. The first-order valence-electron chi connectivity index (χ1n) is 16.6. The fourth-order valence-corrected chi connectivity index (χ4v) is 8.23. The molecule has 0 N–H and O–H groups in total. The van der Waals surface area contributed by atoms with E-state index in [1.807, 2.05) is 53.9 Å². The normalized spacial score (nSPS) is 18.7. The van der Waals surface area contributed by atoms with Gasteiger partial charge in [0.2, 0.25) is 0 Å². The number of hydrogen-bond acceptors (Lipinski definition) is 5. The van der Waals surface area contributed by atoms with Crippen LogP contribution in [0.15, 0.2) is 156 Å². The number of nitrogens with zero attached hydrogens (tertiary/aromatic N) is 4. The second-order valence-corrected chi connectivity index (χ2v) is 13.6. The fraction of sp³-hybridized carbons (Fsp3) is 0.116. The quantitative estimate of drug-likeness (QED) is 0.189. The first-order chi connectivity index (χ1) is 23.8. The Morgan fingerprint density at radius 1 is 0.646 bits per heavy atom. The molecule has 230 valence electrons. The van der Waals surface area contributed by atoms with E-state index < -0.39 is 0 Å². The number of dihydropyridines is 1. The van der Waals surface area contributed by atoms with Crippen molar-refractivity contribution in [3.8, 4) is 34.2 Å². The molecular formula is C43H32N4S. The SMILES string of the molecule is C1=CC2=C(C=CC1)C(C1C=CC(c3ccc4sc5cccc(-c6nc(-c7ccccc7)nc(-c7ccccc7)n6)c5c4c3)=CC1)CN=C2. The summed E-state index contributed by atoms with van der Waals surface area (Å²) >= 11 is 1.82. The molecule has 0 saturated carbocycles. The van der Waals surface area contributed by atoms with Gasteiger partial charge in [0.1, 0.15) is 0 Å². The Hall–Kier alpha value is -5.52. The summed E-state index contributed by atoms with van der Waals surface area (Å²) in [4.78, 5) is 19.8. The third-order valence-electron chi connectivity index (χ3n) is 9.55. The van der Waals surface area contributed by atoms with Crippen LogP contribution in [-0.2, 0) is 0 Å². The number of benzene rings is 4. The first kappa shape index (κ1) is 28.7. The zero-order chi connectivity index (χ0) is 31.9. The number of fused-ring (bicyclic) bond motifs is 3. The van der Waals surface area contributed by atoms with E-state index in [0.717, 1.165) is 36.1 Å². The zero-order valence-corrected chi connectivity index (χ0v) is 27.1. The summed E-state index contributed by atoms with van der Waals surface area (Å²) in [6, 6.07) is 33.7. The van der Waals surface area contributed by atoms with Crippen LogP contribution in [-0.4, -0.2) is 27.7 Å². The maximum absolute atomic E-state index is 5.07. The van der Waals surface area contributed by atoms with Crippen LogP contribution in [0.3, 0.4) is 0 Å². The molecule has 2 aliphatic carbocycles. The van der Waals surface area contributed by atoms with Gasteiger partial charge in [0.05, 0.1) is 0 Å². The van der Waals surface area contributed by atoms with Crippen molar-refractivity contribution in [2.45, 2.75) is 12.8 Å². The van der Waals surface area contributed by atoms with Gasteiger partial charge in [-0.3, -0.25) is 4.99 Å². The lowest BCUT2D eigenvalue weighted by Crippen LogP contribution is -2.22. The van der Waals surface area contributed by atoms with Gasteiger partial charge in [-0.25, -0.2) is 15.0 Å². The van der Waals surface area contributed by atoms with Crippen LogP contribution in [0.5, 0.6) is 0 Å². The molecule has 1 aliphatic heterocycles. The van der Waals surface area contributed by atoms with Crippen LogP contribution in [0.2, 0.25) is 0 Å². The predicted molar refractivity (Wildman–Crippen MR) is 201 cm³/mol. The van der Waals surface area contributed by atoms with Gasteiger partial charge >= 0.3 is 0 Å². The van der Waals surface area contributed by atoms with Gasteiger partial charge in [-0.2, -0.15) is 0 Å². The molecule has 3 aliphatic rings. The van der Waals surface area contributed by atoms with Gasteiger partial charge in [-0.05, 0) is 59.2 Å². The maximum Gasteiger partial charge on any atom is 0.164 e. The number of rotatable bonds is 5. The number of allylic oxidation sites excluding steroid dienone is 9. The molecule has 0 saturated heterocycles. The number of thiophene rings is 1. The Kier molecular flexibility index (Phi) is 7.32. The van der Waals surface area contributed by atoms with E-state index in [4.69, 9.17) is 19.9 Å². The molecule has 6 aromatic rings. The molecule has 4 nitrogen and oxygen atoms in total. The predicted octanol–water partition coefficient (Wildman–Crippen LogP) is 10.7. The monoisotopic (exact) mass is 636 g/mol. The zero-order valence-electron chi connectivity index (χ0n) is 26.3. The largest absolute Gasteiger partial charge is 0.292 e. The van der Waals surface area contributed by atoms with E-state index in [-0.39, 0.29) is 0 Å². The summed E-state index contributed by atoms with van der Waals surface area (Å²) in [6.07, 6.45) is 20.2. The Bertz CT molecular complexity index is 2320. The topological polar surface area (TPSA) is 51.0 Å². The van der Waals surface area contributed by atoms with Crippen LogP contribution in [0.4, 0.5) is 0 Å². The van der Waals surface area contributed by atoms with E-state index in [1.165, 1.54) is 42.5 Å². The van der Waals surface area contributed by atoms with E-state index in [2.05, 4.69) is 103 Å². The van der Waals surface area contributed by atoms with E-state index in [0.29, 0.717) is 29.3 Å². The summed E-state index contributed by atoms with van der Waals surface area (Å²) in [5.41, 5.74) is 8.15. The van der Waals surface area contributed by atoms with Gasteiger partial charge in [-0.1, -0.05) is 121 Å². The third kappa shape index (κ3) is 5.26. The molecule has 0 radical (unpaired) electrons. The maximum atomic E-state index is 5.07. The van der Waals surface area contributed by atoms with E-state index in [1.54, 1.807) is 0 Å². The second kappa shape index (κ2) is 12.3. The minimum absolute atomic E-state index is 0.408. The summed E-state index contributed by atoms with van der Waals surface area (Å²) in [5.74, 6) is 2.87. The molecule has 2 unspecified atom stereocenters. The van der Waals surface area contributed by atoms with Crippen molar-refractivity contribution in [3.63, 3.8) is 0 Å². The van der Waals surface area contributed by atoms with Gasteiger partial charge in [0.15, 0.2) is 17.5 Å². The Morgan fingerprint density at radius 3 is 2.15 bits per heavy atom. The highest BCUT2D eigenvalue weighted by molar-refractivity contribution is 7.25. The van der Waals surface area contributed by atoms with E-state index in [9.17, 15) is 0 Å². The standard InChI is InChI=1S/C43H32N4S/c1-4-11-30(12-5-1)41-45-42(31-13-6-2-7-14-31)47-43(46-41)35-17-10-18-39-40(35)36-25-32(23-24-38(36)48-39)28-19-21-29(22-20-28)37-27-44-26-33-15-8-3-9-16-34(33)37/h1-2,4-21,23-26,29,37H,3,22,27H2. The van der Waals surface area contributed by atoms with Crippen molar-refractivity contribution >= 4 is 43.3 Å². The van der Waals surface area contributed by atoms with Crippen LogP contribution >= 0.6 is 11.3 Å². The molecule has 0 amide bonds. The first-order valence-corrected chi connectivity index (χ1v) is 17.4. The van der Waals surface area contributed by atoms with Gasteiger partial charge in [0.25, 0.3) is 0 Å². The van der Waals surface area contributed by atoms with Gasteiger partial charge in [-0.15, -0.1) is 11.3 Å². The van der Waals surface area contributed by atoms with Crippen molar-refractivity contribution in [1.82, 2.24) is 15.0 Å². The second-order valence-electron chi connectivity index (χ2n) is 12.5. The summed E-state index contributed by atoms with van der Waals surface area (Å²) in [5, 5.41) is 2.42. The smallest absolute Gasteiger partial charge is 0.164 e. The molecule has 5 heteroatoms. The van der Waals surface area contributed by atoms with E-state index >= 15 is 0 Å². The van der Waals surface area contributed by atoms with Crippen molar-refractivity contribution in [1.29, 1.82) is 0 Å². The van der Waals surface area contributed by atoms with Crippen molar-refractivity contribution in [2.75, 3.05) is 6.54 Å². The molecule has 48 heavy (non-hydrogen) atoms. The highest BCUT2D eigenvalue weighted by Crippen LogP contribution is 2.42. The average Bonchev–Trinajstić information content (AvgIpc) is 3.36.